The molecule has 3 heterocycles. The van der Waals surface area contributed by atoms with E-state index in [1.54, 1.807) is 0 Å². The van der Waals surface area contributed by atoms with Gasteiger partial charge in [-0.15, -0.1) is 0 Å². The van der Waals surface area contributed by atoms with E-state index in [-0.39, 0.29) is 0 Å². The van der Waals surface area contributed by atoms with E-state index in [1.807, 2.05) is 18.5 Å². The molecule has 5 rings (SSSR count). The summed E-state index contributed by atoms with van der Waals surface area (Å²) in [6.07, 6.45) is 14.3. The van der Waals surface area contributed by atoms with E-state index in [0.29, 0.717) is 29.4 Å². The molecule has 3 aliphatic rings. The van der Waals surface area contributed by atoms with Gasteiger partial charge < -0.3 is 20.4 Å². The molecule has 2 aromatic rings. The van der Waals surface area contributed by atoms with E-state index in [9.17, 15) is 5.41 Å². The summed E-state index contributed by atoms with van der Waals surface area (Å²) in [6.45, 7) is 11.8. The molecule has 7 heteroatoms. The van der Waals surface area contributed by atoms with Gasteiger partial charge in [0.2, 0.25) is 0 Å². The summed E-state index contributed by atoms with van der Waals surface area (Å²) in [4.78, 5) is 15.9. The summed E-state index contributed by atoms with van der Waals surface area (Å²) < 4.78 is 0. The lowest BCUT2D eigenvalue weighted by Crippen LogP contribution is -2.42. The van der Waals surface area contributed by atoms with Crippen molar-refractivity contribution in [1.29, 1.82) is 5.41 Å². The molecule has 7 nitrogen and oxygen atoms in total. The van der Waals surface area contributed by atoms with Crippen LogP contribution in [0.5, 0.6) is 0 Å². The van der Waals surface area contributed by atoms with Crippen LogP contribution < -0.4 is 5.73 Å². The Bertz CT molecular complexity index is 1150. The first kappa shape index (κ1) is 30.4. The zero-order valence-corrected chi connectivity index (χ0v) is 26.2. The molecule has 2 atom stereocenters. The van der Waals surface area contributed by atoms with Crippen molar-refractivity contribution < 1.29 is 0 Å². The summed E-state index contributed by atoms with van der Waals surface area (Å²) >= 11 is 0. The number of hydrogen-bond donors (Lipinski definition) is 2. The van der Waals surface area contributed by atoms with Crippen LogP contribution in [0, 0.1) is 22.7 Å². The quantitative estimate of drug-likeness (QED) is 0.314. The maximum Gasteiger partial charge on any atom is 0.194 e. The van der Waals surface area contributed by atoms with E-state index >= 15 is 0 Å². The molecule has 0 amide bonds. The maximum absolute atomic E-state index is 9.22. The van der Waals surface area contributed by atoms with Crippen molar-refractivity contribution in [3.05, 3.63) is 66.0 Å². The van der Waals surface area contributed by atoms with Crippen LogP contribution in [0.15, 0.2) is 59.9 Å². The number of nitrogens with zero attached hydrogens (tertiary/aromatic N) is 5. The Kier molecular flexibility index (Phi) is 10.1. The van der Waals surface area contributed by atoms with Crippen LogP contribution in [0.25, 0.3) is 0 Å². The Hall–Kier alpha value is -3.09. The molecule has 3 N–H and O–H groups in total. The third-order valence-electron chi connectivity index (χ3n) is 10.1. The van der Waals surface area contributed by atoms with E-state index in [0.717, 1.165) is 76.7 Å². The maximum atomic E-state index is 9.22. The fourth-order valence-corrected chi connectivity index (χ4v) is 7.37. The monoisotopic (exact) mass is 571 g/mol. The molecule has 228 valence electrons. The molecule has 2 aliphatic heterocycles. The number of aliphatic imine (C=N–C) groups is 1. The van der Waals surface area contributed by atoms with Gasteiger partial charge >= 0.3 is 0 Å². The van der Waals surface area contributed by atoms with Crippen molar-refractivity contribution in [2.75, 3.05) is 32.7 Å². The first-order chi connectivity index (χ1) is 20.3. The zero-order chi connectivity index (χ0) is 29.5. The lowest BCUT2D eigenvalue weighted by Gasteiger charge is -2.39. The molecular formula is C35H53N7. The number of hydrogen-bond acceptors (Lipinski definition) is 5. The van der Waals surface area contributed by atoms with Gasteiger partial charge in [0.1, 0.15) is 0 Å². The average molecular weight is 572 g/mol. The van der Waals surface area contributed by atoms with Gasteiger partial charge in [-0.05, 0) is 92.2 Å². The SMILES string of the molecule is CC(C)(C)C1CCC(CN2C(=N)N(CCCC[C@H]3CN=C(N)N3CCc3cccnc3)C[C@@H]2Cc2ccccc2)CC1. The average Bonchev–Trinajstić information content (AvgIpc) is 3.48. The van der Waals surface area contributed by atoms with Crippen molar-refractivity contribution in [1.82, 2.24) is 19.7 Å². The fraction of sp³-hybridized carbons (Fsp3) is 0.629. The number of guanidine groups is 2. The molecule has 1 aromatic carbocycles. The van der Waals surface area contributed by atoms with E-state index in [1.165, 1.54) is 36.8 Å². The predicted molar refractivity (Wildman–Crippen MR) is 174 cm³/mol. The van der Waals surface area contributed by atoms with Crippen LogP contribution in [-0.4, -0.2) is 76.4 Å². The molecule has 1 aliphatic carbocycles. The molecule has 1 aromatic heterocycles. The van der Waals surface area contributed by atoms with Gasteiger partial charge in [-0.3, -0.25) is 15.4 Å². The summed E-state index contributed by atoms with van der Waals surface area (Å²) in [5.41, 5.74) is 9.30. The second-order valence-electron chi connectivity index (χ2n) is 14.0. The number of benzene rings is 1. The van der Waals surface area contributed by atoms with Crippen molar-refractivity contribution >= 4 is 11.9 Å². The van der Waals surface area contributed by atoms with E-state index in [2.05, 4.69) is 81.8 Å². The van der Waals surface area contributed by atoms with Gasteiger partial charge in [0.25, 0.3) is 0 Å². The minimum atomic E-state index is 0.380. The Morgan fingerprint density at radius 3 is 2.38 bits per heavy atom. The summed E-state index contributed by atoms with van der Waals surface area (Å²) in [7, 11) is 0. The molecule has 1 saturated carbocycles. The number of nitrogens with one attached hydrogen (secondary N) is 1. The summed E-state index contributed by atoms with van der Waals surface area (Å²) in [6, 6.07) is 15.8. The smallest absolute Gasteiger partial charge is 0.194 e. The van der Waals surface area contributed by atoms with Crippen molar-refractivity contribution in [3.63, 3.8) is 0 Å². The standard InChI is InChI=1S/C35H53N7/c1-35(2,3)30-16-14-29(15-17-30)25-42-32(22-27-10-5-4-6-11-27)26-40(34(42)37)20-8-7-13-31-24-39-33(36)41(31)21-18-28-12-9-19-38-23-28/h4-6,9-12,19,23,29-32,37H,7-8,13-18,20-22,24-26H2,1-3H3,(H2,36,39)/t29?,30?,31-,32-/m0/s1. The van der Waals surface area contributed by atoms with Crippen LogP contribution in [0.4, 0.5) is 0 Å². The lowest BCUT2D eigenvalue weighted by atomic mass is 9.70. The largest absolute Gasteiger partial charge is 0.370 e. The molecule has 0 bridgehead atoms. The van der Waals surface area contributed by atoms with Crippen LogP contribution in [-0.2, 0) is 12.8 Å². The number of aromatic nitrogens is 1. The van der Waals surface area contributed by atoms with Crippen molar-refractivity contribution in [3.8, 4) is 0 Å². The molecule has 0 unspecified atom stereocenters. The highest BCUT2D eigenvalue weighted by molar-refractivity contribution is 5.80. The molecule has 2 fully saturated rings. The highest BCUT2D eigenvalue weighted by Gasteiger charge is 2.37. The fourth-order valence-electron chi connectivity index (χ4n) is 7.37. The Morgan fingerprint density at radius 1 is 0.905 bits per heavy atom. The number of rotatable bonds is 12. The number of unbranched alkanes of at least 4 members (excludes halogenated alkanes) is 1. The Balaban J connectivity index is 1.12. The van der Waals surface area contributed by atoms with Crippen LogP contribution in [0.2, 0.25) is 0 Å². The molecular weight excluding hydrogens is 518 g/mol. The second kappa shape index (κ2) is 13.9. The molecule has 0 spiro atoms. The molecule has 0 radical (unpaired) electrons. The van der Waals surface area contributed by atoms with Gasteiger partial charge in [0, 0.05) is 38.6 Å². The molecule has 1 saturated heterocycles. The first-order valence-corrected chi connectivity index (χ1v) is 16.4. The number of pyridine rings is 1. The predicted octanol–water partition coefficient (Wildman–Crippen LogP) is 5.81. The minimum Gasteiger partial charge on any atom is -0.370 e. The number of nitrogens with two attached hydrogens (primary N) is 1. The Morgan fingerprint density at radius 2 is 1.67 bits per heavy atom. The van der Waals surface area contributed by atoms with Crippen LogP contribution in [0.1, 0.15) is 76.8 Å². The minimum absolute atomic E-state index is 0.380. The van der Waals surface area contributed by atoms with Crippen LogP contribution in [0.3, 0.4) is 0 Å². The van der Waals surface area contributed by atoms with E-state index in [4.69, 9.17) is 5.73 Å². The normalized spacial score (nSPS) is 24.9. The third kappa shape index (κ3) is 7.84. The zero-order valence-electron chi connectivity index (χ0n) is 26.2. The second-order valence-corrected chi connectivity index (χ2v) is 14.0. The topological polar surface area (TPSA) is 84.8 Å². The van der Waals surface area contributed by atoms with Crippen molar-refractivity contribution in [2.24, 2.45) is 28.0 Å². The lowest BCUT2D eigenvalue weighted by molar-refractivity contribution is 0.134. The van der Waals surface area contributed by atoms with Gasteiger partial charge in [-0.1, -0.05) is 57.2 Å². The van der Waals surface area contributed by atoms with Gasteiger partial charge in [-0.2, -0.15) is 0 Å². The van der Waals surface area contributed by atoms with E-state index < -0.39 is 0 Å². The van der Waals surface area contributed by atoms with Gasteiger partial charge in [-0.25, -0.2) is 0 Å². The highest BCUT2D eigenvalue weighted by Crippen LogP contribution is 2.40. The molecule has 42 heavy (non-hydrogen) atoms. The third-order valence-corrected chi connectivity index (χ3v) is 10.1. The van der Waals surface area contributed by atoms with Crippen LogP contribution >= 0.6 is 0 Å². The van der Waals surface area contributed by atoms with Gasteiger partial charge in [0.05, 0.1) is 18.6 Å². The summed E-state index contributed by atoms with van der Waals surface area (Å²) in [5.74, 6) is 2.96. The van der Waals surface area contributed by atoms with Gasteiger partial charge in [0.15, 0.2) is 11.9 Å². The Labute approximate surface area is 254 Å². The highest BCUT2D eigenvalue weighted by atomic mass is 15.4. The first-order valence-electron chi connectivity index (χ1n) is 16.4. The summed E-state index contributed by atoms with van der Waals surface area (Å²) in [5, 5.41) is 9.22. The van der Waals surface area contributed by atoms with Crippen molar-refractivity contribution in [2.45, 2.75) is 90.6 Å².